The van der Waals surface area contributed by atoms with Gasteiger partial charge in [0, 0.05) is 44.0 Å². The summed E-state index contributed by atoms with van der Waals surface area (Å²) in [7, 11) is 1.96. The van der Waals surface area contributed by atoms with Crippen LogP contribution in [0, 0.1) is 0 Å². The largest absolute Gasteiger partial charge is 0.336 e. The van der Waals surface area contributed by atoms with Crippen LogP contribution in [0.1, 0.15) is 18.8 Å². The van der Waals surface area contributed by atoms with Crippen LogP contribution in [-0.4, -0.2) is 45.2 Å². The molecule has 0 radical (unpaired) electrons. The van der Waals surface area contributed by atoms with Crippen molar-refractivity contribution >= 4 is 29.3 Å². The molecule has 5 nitrogen and oxygen atoms in total. The number of halogens is 1. The van der Waals surface area contributed by atoms with Gasteiger partial charge < -0.3 is 14.8 Å². The number of benzene rings is 1. The highest BCUT2D eigenvalue weighted by Crippen LogP contribution is 2.32. The molecule has 1 aliphatic heterocycles. The Morgan fingerprint density at radius 2 is 2.25 bits per heavy atom. The first kappa shape index (κ1) is 17.3. The number of nitrogens with one attached hydrogen (secondary N) is 1. The molecule has 1 amide bonds. The van der Waals surface area contributed by atoms with E-state index < -0.39 is 0 Å². The SMILES string of the molecule is CC(Sc1ccccc1Cl)C(=O)N1CCNCC1c1nccn1C. The molecular weight excluding hydrogens is 344 g/mol. The van der Waals surface area contributed by atoms with Crippen LogP contribution in [0.3, 0.4) is 0 Å². The van der Waals surface area contributed by atoms with Crippen LogP contribution < -0.4 is 5.32 Å². The molecule has 0 saturated carbocycles. The van der Waals surface area contributed by atoms with E-state index in [1.54, 1.807) is 6.20 Å². The Kier molecular flexibility index (Phi) is 5.48. The van der Waals surface area contributed by atoms with Crippen molar-refractivity contribution in [1.82, 2.24) is 19.8 Å². The predicted molar refractivity (Wildman–Crippen MR) is 97.3 cm³/mol. The maximum atomic E-state index is 13.0. The molecule has 1 aliphatic rings. The Labute approximate surface area is 151 Å². The highest BCUT2D eigenvalue weighted by atomic mass is 35.5. The van der Waals surface area contributed by atoms with E-state index in [9.17, 15) is 4.79 Å². The van der Waals surface area contributed by atoms with E-state index in [0.29, 0.717) is 11.6 Å². The summed E-state index contributed by atoms with van der Waals surface area (Å²) >= 11 is 7.73. The molecular formula is C17H21ClN4OS. The maximum Gasteiger partial charge on any atom is 0.236 e. The second-order valence-corrected chi connectivity index (χ2v) is 7.63. The van der Waals surface area contributed by atoms with Crippen molar-refractivity contribution in [3.8, 4) is 0 Å². The molecule has 1 fully saturated rings. The van der Waals surface area contributed by atoms with Gasteiger partial charge in [-0.25, -0.2) is 4.98 Å². The number of amides is 1. The van der Waals surface area contributed by atoms with Gasteiger partial charge in [-0.1, -0.05) is 23.7 Å². The van der Waals surface area contributed by atoms with Gasteiger partial charge in [0.2, 0.25) is 5.91 Å². The number of aryl methyl sites for hydroxylation is 1. The summed E-state index contributed by atoms with van der Waals surface area (Å²) in [6.45, 7) is 4.15. The smallest absolute Gasteiger partial charge is 0.236 e. The Balaban J connectivity index is 1.76. The molecule has 0 spiro atoms. The van der Waals surface area contributed by atoms with E-state index in [-0.39, 0.29) is 17.2 Å². The Morgan fingerprint density at radius 1 is 1.46 bits per heavy atom. The van der Waals surface area contributed by atoms with Crippen molar-refractivity contribution in [2.75, 3.05) is 19.6 Å². The van der Waals surface area contributed by atoms with Gasteiger partial charge in [0.1, 0.15) is 11.9 Å². The lowest BCUT2D eigenvalue weighted by Gasteiger charge is -2.37. The van der Waals surface area contributed by atoms with Crippen LogP contribution in [0.4, 0.5) is 0 Å². The standard InChI is InChI=1S/C17H21ClN4OS/c1-12(24-15-6-4-3-5-13(15)18)17(23)22-10-7-19-11-14(22)16-20-8-9-21(16)2/h3-6,8-9,12,14,19H,7,10-11H2,1-2H3. The van der Waals surface area contributed by atoms with Gasteiger partial charge in [-0.2, -0.15) is 0 Å². The highest BCUT2D eigenvalue weighted by Gasteiger charge is 2.33. The molecule has 1 saturated heterocycles. The molecule has 1 aromatic heterocycles. The fraction of sp³-hybridized carbons (Fsp3) is 0.412. The van der Waals surface area contributed by atoms with Crippen molar-refractivity contribution < 1.29 is 4.79 Å². The van der Waals surface area contributed by atoms with E-state index in [0.717, 1.165) is 23.8 Å². The molecule has 2 aromatic rings. The number of imidazole rings is 1. The fourth-order valence-corrected chi connectivity index (χ4v) is 4.14. The number of aromatic nitrogens is 2. The van der Waals surface area contributed by atoms with E-state index in [4.69, 9.17) is 11.6 Å². The third kappa shape index (κ3) is 3.61. The van der Waals surface area contributed by atoms with Gasteiger partial charge in [0.05, 0.1) is 10.3 Å². The van der Waals surface area contributed by atoms with Crippen molar-refractivity contribution in [2.45, 2.75) is 23.1 Å². The normalized spacial score (nSPS) is 19.3. The lowest BCUT2D eigenvalue weighted by atomic mass is 10.1. The highest BCUT2D eigenvalue weighted by molar-refractivity contribution is 8.00. The average Bonchev–Trinajstić information content (AvgIpc) is 3.02. The van der Waals surface area contributed by atoms with Crippen LogP contribution in [0.15, 0.2) is 41.6 Å². The first-order valence-electron chi connectivity index (χ1n) is 7.97. The maximum absolute atomic E-state index is 13.0. The molecule has 2 unspecified atom stereocenters. The second-order valence-electron chi connectivity index (χ2n) is 5.84. The summed E-state index contributed by atoms with van der Waals surface area (Å²) in [5.74, 6) is 1.03. The van der Waals surface area contributed by atoms with E-state index in [1.807, 2.05) is 53.9 Å². The van der Waals surface area contributed by atoms with Crippen molar-refractivity contribution in [3.63, 3.8) is 0 Å². The van der Waals surface area contributed by atoms with Gasteiger partial charge >= 0.3 is 0 Å². The number of rotatable bonds is 4. The predicted octanol–water partition coefficient (Wildman–Crippen LogP) is 2.73. The monoisotopic (exact) mass is 364 g/mol. The topological polar surface area (TPSA) is 50.2 Å². The molecule has 2 heterocycles. The number of piperazine rings is 1. The quantitative estimate of drug-likeness (QED) is 0.847. The number of hydrogen-bond donors (Lipinski definition) is 1. The van der Waals surface area contributed by atoms with Gasteiger partial charge in [0.15, 0.2) is 0 Å². The summed E-state index contributed by atoms with van der Waals surface area (Å²) < 4.78 is 1.98. The molecule has 128 valence electrons. The molecule has 24 heavy (non-hydrogen) atoms. The molecule has 0 bridgehead atoms. The van der Waals surface area contributed by atoms with Gasteiger partial charge in [0.25, 0.3) is 0 Å². The number of carbonyl (C=O) groups is 1. The third-order valence-electron chi connectivity index (χ3n) is 4.17. The molecule has 1 aromatic carbocycles. The fourth-order valence-electron chi connectivity index (χ4n) is 2.91. The summed E-state index contributed by atoms with van der Waals surface area (Å²) in [5, 5.41) is 3.84. The molecule has 2 atom stereocenters. The number of thioether (sulfide) groups is 1. The van der Waals surface area contributed by atoms with E-state index >= 15 is 0 Å². The number of carbonyl (C=O) groups excluding carboxylic acids is 1. The minimum Gasteiger partial charge on any atom is -0.336 e. The minimum absolute atomic E-state index is 0.0412. The Hall–Kier alpha value is -1.50. The van der Waals surface area contributed by atoms with Crippen molar-refractivity contribution in [3.05, 3.63) is 47.5 Å². The van der Waals surface area contributed by atoms with Gasteiger partial charge in [-0.3, -0.25) is 4.79 Å². The summed E-state index contributed by atoms with van der Waals surface area (Å²) in [5.41, 5.74) is 0. The van der Waals surface area contributed by atoms with Crippen LogP contribution in [0.25, 0.3) is 0 Å². The zero-order chi connectivity index (χ0) is 17.1. The van der Waals surface area contributed by atoms with Crippen LogP contribution in [0.2, 0.25) is 5.02 Å². The summed E-state index contributed by atoms with van der Waals surface area (Å²) in [4.78, 5) is 20.3. The van der Waals surface area contributed by atoms with Gasteiger partial charge in [-0.05, 0) is 19.1 Å². The van der Waals surface area contributed by atoms with E-state index in [1.165, 1.54) is 11.8 Å². The second kappa shape index (κ2) is 7.59. The lowest BCUT2D eigenvalue weighted by Crippen LogP contribution is -2.51. The molecule has 0 aliphatic carbocycles. The average molecular weight is 365 g/mol. The summed E-state index contributed by atoms with van der Waals surface area (Å²) in [6.07, 6.45) is 3.68. The Morgan fingerprint density at radius 3 is 2.96 bits per heavy atom. The molecule has 3 rings (SSSR count). The molecule has 1 N–H and O–H groups in total. The van der Waals surface area contributed by atoms with Crippen molar-refractivity contribution in [1.29, 1.82) is 0 Å². The van der Waals surface area contributed by atoms with Crippen molar-refractivity contribution in [2.24, 2.45) is 7.05 Å². The van der Waals surface area contributed by atoms with Crippen LogP contribution in [-0.2, 0) is 11.8 Å². The number of hydrogen-bond acceptors (Lipinski definition) is 4. The number of nitrogens with zero attached hydrogens (tertiary/aromatic N) is 3. The third-order valence-corrected chi connectivity index (χ3v) is 5.78. The molecule has 7 heteroatoms. The van der Waals surface area contributed by atoms with Crippen LogP contribution in [0.5, 0.6) is 0 Å². The van der Waals surface area contributed by atoms with Gasteiger partial charge in [-0.15, -0.1) is 11.8 Å². The summed E-state index contributed by atoms with van der Waals surface area (Å²) in [6, 6.07) is 7.59. The first-order valence-corrected chi connectivity index (χ1v) is 9.23. The lowest BCUT2D eigenvalue weighted by molar-refractivity contribution is -0.133. The van der Waals surface area contributed by atoms with E-state index in [2.05, 4.69) is 10.3 Å². The van der Waals surface area contributed by atoms with Crippen LogP contribution >= 0.6 is 23.4 Å². The first-order chi connectivity index (χ1) is 11.6. The Bertz CT molecular complexity index is 720. The zero-order valence-electron chi connectivity index (χ0n) is 13.8. The minimum atomic E-state index is -0.203. The zero-order valence-corrected chi connectivity index (χ0v) is 15.3.